The average molecular weight is 435 g/mol. The highest BCUT2D eigenvalue weighted by Crippen LogP contribution is 2.25. The van der Waals surface area contributed by atoms with E-state index in [0.29, 0.717) is 38.5 Å². The number of nitrogens with zero attached hydrogens (tertiary/aromatic N) is 1. The number of benzene rings is 3. The van der Waals surface area contributed by atoms with Crippen molar-refractivity contribution < 1.29 is 23.8 Å². The smallest absolute Gasteiger partial charge is 0.335 e. The Bertz CT molecular complexity index is 1070. The van der Waals surface area contributed by atoms with E-state index in [1.807, 2.05) is 24.3 Å². The molecule has 6 heteroatoms. The minimum absolute atomic E-state index is 0.239. The normalized spacial score (nSPS) is 15.3. The van der Waals surface area contributed by atoms with Gasteiger partial charge in [0.15, 0.2) is 0 Å². The van der Waals surface area contributed by atoms with E-state index in [-0.39, 0.29) is 11.4 Å². The Balaban J connectivity index is 1.59. The lowest BCUT2D eigenvalue weighted by molar-refractivity contribution is 0.0695. The number of hydrogen-bond acceptors (Lipinski definition) is 4. The van der Waals surface area contributed by atoms with Crippen LogP contribution in [0.3, 0.4) is 0 Å². The molecule has 166 valence electrons. The molecule has 1 aliphatic rings. The summed E-state index contributed by atoms with van der Waals surface area (Å²) in [5.41, 5.74) is 4.36. The minimum Gasteiger partial charge on any atom is -0.491 e. The molecule has 0 saturated carbocycles. The molecule has 0 spiro atoms. The zero-order valence-electron chi connectivity index (χ0n) is 17.8. The molecule has 0 fully saturated rings. The van der Waals surface area contributed by atoms with E-state index < -0.39 is 5.97 Å². The number of rotatable bonds is 3. The van der Waals surface area contributed by atoms with Crippen molar-refractivity contribution in [3.05, 3.63) is 100 Å². The number of hydrogen-bond donors (Lipinski definition) is 1. The molecular weight excluding hydrogens is 409 g/mol. The van der Waals surface area contributed by atoms with Gasteiger partial charge >= 0.3 is 5.97 Å². The molecule has 3 aromatic rings. The second-order valence-electron chi connectivity index (χ2n) is 7.92. The molecule has 32 heavy (non-hydrogen) atoms. The topological polar surface area (TPSA) is 59.0 Å². The Hall–Kier alpha value is -3.22. The fourth-order valence-electron chi connectivity index (χ4n) is 3.88. The third-order valence-corrected chi connectivity index (χ3v) is 5.46. The van der Waals surface area contributed by atoms with Crippen LogP contribution >= 0.6 is 0 Å². The molecule has 2 bridgehead atoms. The highest BCUT2D eigenvalue weighted by Gasteiger charge is 2.13. The van der Waals surface area contributed by atoms with Crippen molar-refractivity contribution in [1.82, 2.24) is 4.90 Å². The van der Waals surface area contributed by atoms with E-state index >= 15 is 0 Å². The van der Waals surface area contributed by atoms with Gasteiger partial charge in [0.2, 0.25) is 0 Å². The van der Waals surface area contributed by atoms with Crippen LogP contribution in [0.4, 0.5) is 4.39 Å². The highest BCUT2D eigenvalue weighted by molar-refractivity contribution is 5.88. The molecule has 0 aliphatic carbocycles. The van der Waals surface area contributed by atoms with Crippen LogP contribution in [0.5, 0.6) is 5.75 Å². The SMILES string of the molecule is O=C(O)c1ccc2c(c1)Cc1cccc(c1)CN(Cc1ccc(F)cc1)CCOCCO2. The maximum Gasteiger partial charge on any atom is 0.335 e. The van der Waals surface area contributed by atoms with E-state index in [0.717, 1.165) is 35.3 Å². The van der Waals surface area contributed by atoms with Gasteiger partial charge < -0.3 is 14.6 Å². The van der Waals surface area contributed by atoms with Crippen LogP contribution in [0.1, 0.15) is 32.6 Å². The first-order valence-corrected chi connectivity index (χ1v) is 10.7. The molecule has 1 aliphatic heterocycles. The summed E-state index contributed by atoms with van der Waals surface area (Å²) in [6.07, 6.45) is 0.573. The summed E-state index contributed by atoms with van der Waals surface area (Å²) >= 11 is 0. The van der Waals surface area contributed by atoms with Crippen LogP contribution in [-0.2, 0) is 24.2 Å². The Morgan fingerprint density at radius 2 is 1.78 bits per heavy atom. The standard InChI is InChI=1S/C26H26FNO4/c27-24-7-4-19(5-8-24)17-28-10-11-31-12-13-32-25-9-6-22(26(29)30)16-23(25)15-20-2-1-3-21(14-20)18-28/h1-9,14,16H,10-13,15,17-18H2,(H,29,30). The second-order valence-corrected chi connectivity index (χ2v) is 7.92. The molecule has 0 atom stereocenters. The predicted octanol–water partition coefficient (Wildman–Crippen LogP) is 4.53. The summed E-state index contributed by atoms with van der Waals surface area (Å²) in [6, 6.07) is 19.8. The van der Waals surface area contributed by atoms with Crippen molar-refractivity contribution in [2.45, 2.75) is 19.5 Å². The van der Waals surface area contributed by atoms with E-state index in [9.17, 15) is 14.3 Å². The maximum atomic E-state index is 13.3. The summed E-state index contributed by atoms with van der Waals surface area (Å²) in [5, 5.41) is 9.38. The first-order chi connectivity index (χ1) is 15.6. The van der Waals surface area contributed by atoms with Crippen molar-refractivity contribution in [3.63, 3.8) is 0 Å². The number of halogens is 1. The molecule has 0 saturated heterocycles. The van der Waals surface area contributed by atoms with Crippen molar-refractivity contribution in [1.29, 1.82) is 0 Å². The van der Waals surface area contributed by atoms with Crippen LogP contribution < -0.4 is 4.74 Å². The molecule has 5 nitrogen and oxygen atoms in total. The van der Waals surface area contributed by atoms with Gasteiger partial charge in [-0.2, -0.15) is 0 Å². The first-order valence-electron chi connectivity index (χ1n) is 10.7. The first kappa shape index (κ1) is 22.0. The lowest BCUT2D eigenvalue weighted by Gasteiger charge is -2.23. The minimum atomic E-state index is -0.958. The van der Waals surface area contributed by atoms with E-state index in [1.54, 1.807) is 18.2 Å². The van der Waals surface area contributed by atoms with Crippen LogP contribution in [0, 0.1) is 5.82 Å². The molecule has 4 rings (SSSR count). The van der Waals surface area contributed by atoms with Gasteiger partial charge in [-0.05, 0) is 52.6 Å². The molecule has 0 amide bonds. The predicted molar refractivity (Wildman–Crippen MR) is 119 cm³/mol. The van der Waals surface area contributed by atoms with Crippen LogP contribution in [0.15, 0.2) is 66.7 Å². The van der Waals surface area contributed by atoms with Gasteiger partial charge in [0.25, 0.3) is 0 Å². The summed E-state index contributed by atoms with van der Waals surface area (Å²) < 4.78 is 25.0. The number of aromatic carboxylic acids is 1. The molecule has 1 N–H and O–H groups in total. The lowest BCUT2D eigenvalue weighted by Crippen LogP contribution is -2.27. The van der Waals surface area contributed by atoms with Crippen LogP contribution in [0.2, 0.25) is 0 Å². The van der Waals surface area contributed by atoms with Crippen LogP contribution in [0.25, 0.3) is 0 Å². The number of fused-ring (bicyclic) bond motifs is 3. The third-order valence-electron chi connectivity index (χ3n) is 5.46. The van der Waals surface area contributed by atoms with Gasteiger partial charge in [-0.15, -0.1) is 0 Å². The maximum absolute atomic E-state index is 13.3. The van der Waals surface area contributed by atoms with E-state index in [1.165, 1.54) is 12.1 Å². The lowest BCUT2D eigenvalue weighted by atomic mass is 10.00. The van der Waals surface area contributed by atoms with Crippen molar-refractivity contribution in [2.24, 2.45) is 0 Å². The molecule has 1 heterocycles. The third kappa shape index (κ3) is 5.93. The quantitative estimate of drug-likeness (QED) is 0.655. The summed E-state index contributed by atoms with van der Waals surface area (Å²) in [5.74, 6) is -0.517. The number of carboxylic acids is 1. The molecule has 0 radical (unpaired) electrons. The average Bonchev–Trinajstić information content (AvgIpc) is 2.78. The van der Waals surface area contributed by atoms with Crippen LogP contribution in [-0.4, -0.2) is 42.3 Å². The highest BCUT2D eigenvalue weighted by atomic mass is 19.1. The van der Waals surface area contributed by atoms with Gasteiger partial charge in [0.05, 0.1) is 18.8 Å². The molecule has 0 unspecified atom stereocenters. The monoisotopic (exact) mass is 435 g/mol. The molecule has 3 aromatic carbocycles. The van der Waals surface area contributed by atoms with Gasteiger partial charge in [-0.3, -0.25) is 4.90 Å². The summed E-state index contributed by atoms with van der Waals surface area (Å²) in [6.45, 7) is 3.53. The van der Waals surface area contributed by atoms with Crippen molar-refractivity contribution >= 4 is 5.97 Å². The summed E-state index contributed by atoms with van der Waals surface area (Å²) in [7, 11) is 0. The Kier molecular flexibility index (Phi) is 7.14. The fraction of sp³-hybridized carbons (Fsp3) is 0.269. The van der Waals surface area contributed by atoms with Gasteiger partial charge in [-0.25, -0.2) is 9.18 Å². The molecule has 0 aromatic heterocycles. The number of ether oxygens (including phenoxy) is 2. The summed E-state index contributed by atoms with van der Waals surface area (Å²) in [4.78, 5) is 13.7. The Morgan fingerprint density at radius 1 is 0.969 bits per heavy atom. The number of carbonyl (C=O) groups is 1. The van der Waals surface area contributed by atoms with Gasteiger partial charge in [-0.1, -0.05) is 36.4 Å². The van der Waals surface area contributed by atoms with Gasteiger partial charge in [0, 0.05) is 26.1 Å². The van der Waals surface area contributed by atoms with E-state index in [2.05, 4.69) is 17.0 Å². The van der Waals surface area contributed by atoms with E-state index in [4.69, 9.17) is 9.47 Å². The second kappa shape index (κ2) is 10.4. The van der Waals surface area contributed by atoms with Crippen molar-refractivity contribution in [2.75, 3.05) is 26.4 Å². The fourth-order valence-corrected chi connectivity index (χ4v) is 3.88. The Morgan fingerprint density at radius 3 is 2.59 bits per heavy atom. The van der Waals surface area contributed by atoms with Crippen molar-refractivity contribution in [3.8, 4) is 5.75 Å². The zero-order valence-corrected chi connectivity index (χ0v) is 17.8. The Labute approximate surface area is 187 Å². The molecular formula is C26H26FNO4. The zero-order chi connectivity index (χ0) is 22.3. The number of carboxylic acid groups (broad SMARTS) is 1. The largest absolute Gasteiger partial charge is 0.491 e. The van der Waals surface area contributed by atoms with Gasteiger partial charge in [0.1, 0.15) is 18.2 Å².